The van der Waals surface area contributed by atoms with Crippen molar-refractivity contribution in [3.05, 3.63) is 22.4 Å². The SMILES string of the molecule is CC(C)C1CCN(CC(=O)c2cccs2)C1. The number of thiophene rings is 1. The molecular formula is C13H19NOS. The summed E-state index contributed by atoms with van der Waals surface area (Å²) in [6.45, 7) is 7.32. The molecule has 0 saturated carbocycles. The fourth-order valence-corrected chi connectivity index (χ4v) is 2.93. The van der Waals surface area contributed by atoms with Crippen molar-refractivity contribution in [1.82, 2.24) is 4.90 Å². The van der Waals surface area contributed by atoms with Crippen LogP contribution >= 0.6 is 11.3 Å². The lowest BCUT2D eigenvalue weighted by atomic mass is 9.95. The highest BCUT2D eigenvalue weighted by Crippen LogP contribution is 2.23. The first-order valence-corrected chi connectivity index (χ1v) is 6.84. The normalized spacial score (nSPS) is 21.8. The van der Waals surface area contributed by atoms with E-state index in [1.165, 1.54) is 6.42 Å². The van der Waals surface area contributed by atoms with Gasteiger partial charge in [0, 0.05) is 6.54 Å². The Morgan fingerprint density at radius 3 is 3.00 bits per heavy atom. The Bertz CT molecular complexity index is 345. The zero-order valence-electron chi connectivity index (χ0n) is 9.98. The molecule has 3 heteroatoms. The predicted octanol–water partition coefficient (Wildman–Crippen LogP) is 2.91. The highest BCUT2D eigenvalue weighted by molar-refractivity contribution is 7.12. The number of carbonyl (C=O) groups excluding carboxylic acids is 1. The van der Waals surface area contributed by atoms with Crippen molar-refractivity contribution in [2.24, 2.45) is 11.8 Å². The Morgan fingerprint density at radius 2 is 2.44 bits per heavy atom. The second-order valence-corrected chi connectivity index (χ2v) is 5.88. The van der Waals surface area contributed by atoms with E-state index in [-0.39, 0.29) is 5.78 Å². The maximum atomic E-state index is 11.9. The molecule has 1 aliphatic heterocycles. The molecule has 1 aliphatic rings. The van der Waals surface area contributed by atoms with Gasteiger partial charge < -0.3 is 0 Å². The number of carbonyl (C=O) groups is 1. The van der Waals surface area contributed by atoms with Gasteiger partial charge in [0.1, 0.15) is 0 Å². The summed E-state index contributed by atoms with van der Waals surface area (Å²) in [5.41, 5.74) is 0. The second-order valence-electron chi connectivity index (χ2n) is 4.93. The van der Waals surface area contributed by atoms with E-state index in [1.807, 2.05) is 17.5 Å². The molecular weight excluding hydrogens is 218 g/mol. The number of ketones is 1. The van der Waals surface area contributed by atoms with Crippen molar-refractivity contribution in [1.29, 1.82) is 0 Å². The summed E-state index contributed by atoms with van der Waals surface area (Å²) in [6.07, 6.45) is 1.25. The molecule has 0 aliphatic carbocycles. The van der Waals surface area contributed by atoms with Crippen LogP contribution in [-0.4, -0.2) is 30.3 Å². The molecule has 0 spiro atoms. The smallest absolute Gasteiger partial charge is 0.186 e. The third-order valence-electron chi connectivity index (χ3n) is 3.41. The van der Waals surface area contributed by atoms with Crippen molar-refractivity contribution in [2.75, 3.05) is 19.6 Å². The van der Waals surface area contributed by atoms with Gasteiger partial charge in [-0.15, -0.1) is 11.3 Å². The van der Waals surface area contributed by atoms with Crippen LogP contribution in [0.2, 0.25) is 0 Å². The summed E-state index contributed by atoms with van der Waals surface area (Å²) >= 11 is 1.55. The van der Waals surface area contributed by atoms with E-state index < -0.39 is 0 Å². The minimum atomic E-state index is 0.277. The van der Waals surface area contributed by atoms with Crippen LogP contribution in [0.3, 0.4) is 0 Å². The van der Waals surface area contributed by atoms with Gasteiger partial charge >= 0.3 is 0 Å². The fourth-order valence-electron chi connectivity index (χ4n) is 2.27. The van der Waals surface area contributed by atoms with Gasteiger partial charge in [-0.25, -0.2) is 0 Å². The first kappa shape index (κ1) is 11.8. The zero-order valence-corrected chi connectivity index (χ0v) is 10.8. The quantitative estimate of drug-likeness (QED) is 0.750. The van der Waals surface area contributed by atoms with E-state index >= 15 is 0 Å². The van der Waals surface area contributed by atoms with Crippen LogP contribution in [-0.2, 0) is 0 Å². The number of likely N-dealkylation sites (tertiary alicyclic amines) is 1. The highest BCUT2D eigenvalue weighted by Gasteiger charge is 2.26. The van der Waals surface area contributed by atoms with Gasteiger partial charge in [-0.3, -0.25) is 9.69 Å². The Labute approximate surface area is 101 Å². The third kappa shape index (κ3) is 2.71. The zero-order chi connectivity index (χ0) is 11.5. The van der Waals surface area contributed by atoms with Gasteiger partial charge in [0.2, 0.25) is 0 Å². The Morgan fingerprint density at radius 1 is 1.62 bits per heavy atom. The maximum absolute atomic E-state index is 11.9. The lowest BCUT2D eigenvalue weighted by Gasteiger charge is -2.16. The molecule has 1 aromatic heterocycles. The van der Waals surface area contributed by atoms with Crippen LogP contribution in [0.15, 0.2) is 17.5 Å². The Balaban J connectivity index is 1.86. The maximum Gasteiger partial charge on any atom is 0.186 e. The first-order valence-electron chi connectivity index (χ1n) is 5.96. The monoisotopic (exact) mass is 237 g/mol. The average Bonchev–Trinajstić information content (AvgIpc) is 2.87. The molecule has 88 valence electrons. The minimum absolute atomic E-state index is 0.277. The molecule has 2 rings (SSSR count). The van der Waals surface area contributed by atoms with Gasteiger partial charge in [0.15, 0.2) is 5.78 Å². The summed E-state index contributed by atoms with van der Waals surface area (Å²) in [6, 6.07) is 3.86. The standard InChI is InChI=1S/C13H19NOS/c1-10(2)11-5-6-14(8-11)9-12(15)13-4-3-7-16-13/h3-4,7,10-11H,5-6,8-9H2,1-2H3. The topological polar surface area (TPSA) is 20.3 Å². The summed E-state index contributed by atoms with van der Waals surface area (Å²) in [5, 5.41) is 1.97. The molecule has 0 bridgehead atoms. The van der Waals surface area contributed by atoms with Gasteiger partial charge in [-0.05, 0) is 36.2 Å². The van der Waals surface area contributed by atoms with Crippen molar-refractivity contribution in [2.45, 2.75) is 20.3 Å². The summed E-state index contributed by atoms with van der Waals surface area (Å²) in [5.74, 6) is 1.79. The van der Waals surface area contributed by atoms with Gasteiger partial charge in [-0.1, -0.05) is 19.9 Å². The molecule has 0 amide bonds. The average molecular weight is 237 g/mol. The molecule has 1 fully saturated rings. The van der Waals surface area contributed by atoms with E-state index in [4.69, 9.17) is 0 Å². The molecule has 1 atom stereocenters. The molecule has 2 nitrogen and oxygen atoms in total. The Kier molecular flexibility index (Phi) is 3.77. The number of rotatable bonds is 4. The van der Waals surface area contributed by atoms with Crippen LogP contribution in [0, 0.1) is 11.8 Å². The van der Waals surface area contributed by atoms with Gasteiger partial charge in [0.25, 0.3) is 0 Å². The molecule has 1 saturated heterocycles. The van der Waals surface area contributed by atoms with E-state index in [0.29, 0.717) is 6.54 Å². The van der Waals surface area contributed by atoms with E-state index in [2.05, 4.69) is 18.7 Å². The number of hydrogen-bond donors (Lipinski definition) is 0. The number of hydrogen-bond acceptors (Lipinski definition) is 3. The predicted molar refractivity (Wildman–Crippen MR) is 68.0 cm³/mol. The first-order chi connectivity index (χ1) is 7.66. The summed E-state index contributed by atoms with van der Waals surface area (Å²) in [7, 11) is 0. The van der Waals surface area contributed by atoms with Gasteiger partial charge in [0.05, 0.1) is 11.4 Å². The van der Waals surface area contributed by atoms with Crippen LogP contribution in [0.1, 0.15) is 29.9 Å². The van der Waals surface area contributed by atoms with E-state index in [1.54, 1.807) is 11.3 Å². The molecule has 16 heavy (non-hydrogen) atoms. The largest absolute Gasteiger partial charge is 0.295 e. The van der Waals surface area contributed by atoms with Crippen LogP contribution in [0.5, 0.6) is 0 Å². The van der Waals surface area contributed by atoms with Crippen LogP contribution in [0.25, 0.3) is 0 Å². The molecule has 0 N–H and O–H groups in total. The molecule has 2 heterocycles. The van der Waals surface area contributed by atoms with E-state index in [9.17, 15) is 4.79 Å². The lowest BCUT2D eigenvalue weighted by Crippen LogP contribution is -2.28. The molecule has 0 aromatic carbocycles. The second kappa shape index (κ2) is 5.11. The number of Topliss-reactive ketones (excluding diaryl/α,β-unsaturated/α-hetero) is 1. The molecule has 1 aromatic rings. The minimum Gasteiger partial charge on any atom is -0.295 e. The van der Waals surface area contributed by atoms with Gasteiger partial charge in [-0.2, -0.15) is 0 Å². The summed E-state index contributed by atoms with van der Waals surface area (Å²) < 4.78 is 0. The van der Waals surface area contributed by atoms with E-state index in [0.717, 1.165) is 29.8 Å². The van der Waals surface area contributed by atoms with Crippen molar-refractivity contribution < 1.29 is 4.79 Å². The summed E-state index contributed by atoms with van der Waals surface area (Å²) in [4.78, 5) is 15.1. The van der Waals surface area contributed by atoms with Crippen molar-refractivity contribution in [3.8, 4) is 0 Å². The third-order valence-corrected chi connectivity index (χ3v) is 4.33. The molecule has 0 radical (unpaired) electrons. The van der Waals surface area contributed by atoms with Crippen LogP contribution < -0.4 is 0 Å². The highest BCUT2D eigenvalue weighted by atomic mass is 32.1. The van der Waals surface area contributed by atoms with Crippen molar-refractivity contribution >= 4 is 17.1 Å². The fraction of sp³-hybridized carbons (Fsp3) is 0.615. The Hall–Kier alpha value is -0.670. The molecule has 1 unspecified atom stereocenters. The van der Waals surface area contributed by atoms with Crippen molar-refractivity contribution in [3.63, 3.8) is 0 Å². The van der Waals surface area contributed by atoms with Crippen LogP contribution in [0.4, 0.5) is 0 Å². The number of nitrogens with zero attached hydrogens (tertiary/aromatic N) is 1. The lowest BCUT2D eigenvalue weighted by molar-refractivity contribution is 0.0946.